The summed E-state index contributed by atoms with van der Waals surface area (Å²) in [4.78, 5) is 31.8. The van der Waals surface area contributed by atoms with Gasteiger partial charge in [-0.3, -0.25) is 14.6 Å². The Morgan fingerprint density at radius 1 is 1.03 bits per heavy atom. The van der Waals surface area contributed by atoms with Crippen LogP contribution in [0.25, 0.3) is 0 Å². The fraction of sp³-hybridized carbons (Fsp3) is 0.208. The summed E-state index contributed by atoms with van der Waals surface area (Å²) >= 11 is 0. The molecule has 0 saturated carbocycles. The minimum atomic E-state index is -0.751. The van der Waals surface area contributed by atoms with Crippen molar-refractivity contribution in [1.29, 1.82) is 0 Å². The predicted octanol–water partition coefficient (Wildman–Crippen LogP) is 3.96. The van der Waals surface area contributed by atoms with Crippen molar-refractivity contribution < 1.29 is 9.59 Å². The van der Waals surface area contributed by atoms with E-state index in [1.807, 2.05) is 61.6 Å². The Labute approximate surface area is 170 Å². The van der Waals surface area contributed by atoms with Crippen LogP contribution in [0.1, 0.15) is 24.0 Å². The number of anilines is 2. The molecule has 1 aliphatic heterocycles. The molecule has 1 aromatic heterocycles. The molecule has 1 aliphatic rings. The van der Waals surface area contributed by atoms with Crippen LogP contribution in [0.4, 0.5) is 11.4 Å². The Morgan fingerprint density at radius 3 is 2.55 bits per heavy atom. The molecule has 0 saturated heterocycles. The van der Waals surface area contributed by atoms with Crippen LogP contribution in [-0.4, -0.2) is 23.8 Å². The Kier molecular flexibility index (Phi) is 5.12. The number of pyridine rings is 1. The van der Waals surface area contributed by atoms with Gasteiger partial charge in [0.25, 0.3) is 0 Å². The van der Waals surface area contributed by atoms with Crippen molar-refractivity contribution in [2.75, 3.05) is 17.3 Å². The number of hydrogen-bond acceptors (Lipinski definition) is 3. The lowest BCUT2D eigenvalue weighted by molar-refractivity contribution is -0.123. The summed E-state index contributed by atoms with van der Waals surface area (Å²) in [6.45, 7) is 0. The Bertz CT molecular complexity index is 1020. The molecule has 2 aromatic carbocycles. The molecule has 0 fully saturated rings. The van der Waals surface area contributed by atoms with Crippen molar-refractivity contribution in [2.24, 2.45) is 0 Å². The monoisotopic (exact) mass is 385 g/mol. The first-order valence-corrected chi connectivity index (χ1v) is 9.72. The molecule has 0 spiro atoms. The number of likely N-dealkylation sites (N-methyl/N-ethyl adjacent to an activating group) is 1. The lowest BCUT2D eigenvalue weighted by Gasteiger charge is -2.28. The smallest absolute Gasteiger partial charge is 0.237 e. The normalized spacial score (nSPS) is 17.8. The SMILES string of the molecule is CN1C(=O)C(CCC(=O)Nc2cccnc2)(Cc2ccccc2)c2ccccc21. The number of nitrogens with zero attached hydrogens (tertiary/aromatic N) is 2. The number of carbonyl (C=O) groups is 2. The highest BCUT2D eigenvalue weighted by molar-refractivity contribution is 6.08. The molecule has 1 unspecified atom stereocenters. The molecule has 5 heteroatoms. The van der Waals surface area contributed by atoms with Gasteiger partial charge in [0.2, 0.25) is 11.8 Å². The number of benzene rings is 2. The van der Waals surface area contributed by atoms with E-state index in [-0.39, 0.29) is 18.2 Å². The van der Waals surface area contributed by atoms with E-state index in [1.54, 1.807) is 29.4 Å². The molecule has 0 bridgehead atoms. The number of fused-ring (bicyclic) bond motifs is 1. The van der Waals surface area contributed by atoms with Crippen LogP contribution in [0.3, 0.4) is 0 Å². The van der Waals surface area contributed by atoms with Crippen molar-refractivity contribution in [3.05, 3.63) is 90.3 Å². The fourth-order valence-corrected chi connectivity index (χ4v) is 4.15. The van der Waals surface area contributed by atoms with Crippen LogP contribution in [0, 0.1) is 0 Å². The maximum atomic E-state index is 13.4. The Morgan fingerprint density at radius 2 is 1.79 bits per heavy atom. The van der Waals surface area contributed by atoms with Crippen molar-refractivity contribution >= 4 is 23.2 Å². The van der Waals surface area contributed by atoms with Crippen LogP contribution in [0.2, 0.25) is 0 Å². The Hall–Kier alpha value is -3.47. The van der Waals surface area contributed by atoms with E-state index in [0.29, 0.717) is 18.5 Å². The molecule has 3 aromatic rings. The quantitative estimate of drug-likeness (QED) is 0.699. The lowest BCUT2D eigenvalue weighted by atomic mass is 9.73. The molecule has 2 amide bonds. The van der Waals surface area contributed by atoms with Gasteiger partial charge in [-0.2, -0.15) is 0 Å². The van der Waals surface area contributed by atoms with Gasteiger partial charge in [0.05, 0.1) is 17.3 Å². The minimum Gasteiger partial charge on any atom is -0.325 e. The molecule has 1 atom stereocenters. The summed E-state index contributed by atoms with van der Waals surface area (Å²) in [6, 6.07) is 21.4. The van der Waals surface area contributed by atoms with E-state index >= 15 is 0 Å². The first-order chi connectivity index (χ1) is 14.1. The molecule has 146 valence electrons. The topological polar surface area (TPSA) is 62.3 Å². The number of para-hydroxylation sites is 1. The second-order valence-electron chi connectivity index (χ2n) is 7.42. The number of aromatic nitrogens is 1. The zero-order chi connectivity index (χ0) is 20.3. The van der Waals surface area contributed by atoms with Gasteiger partial charge >= 0.3 is 0 Å². The number of rotatable bonds is 6. The highest BCUT2D eigenvalue weighted by Crippen LogP contribution is 2.46. The van der Waals surface area contributed by atoms with E-state index in [9.17, 15) is 9.59 Å². The fourth-order valence-electron chi connectivity index (χ4n) is 4.15. The van der Waals surface area contributed by atoms with Gasteiger partial charge < -0.3 is 10.2 Å². The summed E-state index contributed by atoms with van der Waals surface area (Å²) < 4.78 is 0. The molecular weight excluding hydrogens is 362 g/mol. The minimum absolute atomic E-state index is 0.0386. The highest BCUT2D eigenvalue weighted by atomic mass is 16.2. The second kappa shape index (κ2) is 7.87. The van der Waals surface area contributed by atoms with E-state index in [1.165, 1.54) is 0 Å². The van der Waals surface area contributed by atoms with Crippen LogP contribution in [0.5, 0.6) is 0 Å². The largest absolute Gasteiger partial charge is 0.325 e. The molecule has 5 nitrogen and oxygen atoms in total. The van der Waals surface area contributed by atoms with Crippen molar-refractivity contribution in [2.45, 2.75) is 24.7 Å². The summed E-state index contributed by atoms with van der Waals surface area (Å²) in [5.74, 6) is -0.0815. The average Bonchev–Trinajstić information content (AvgIpc) is 2.96. The Balaban J connectivity index is 1.63. The highest BCUT2D eigenvalue weighted by Gasteiger charge is 2.49. The number of nitrogens with one attached hydrogen (secondary N) is 1. The summed E-state index contributed by atoms with van der Waals surface area (Å²) in [5, 5.41) is 2.87. The maximum absolute atomic E-state index is 13.4. The third kappa shape index (κ3) is 3.63. The molecule has 0 aliphatic carbocycles. The van der Waals surface area contributed by atoms with E-state index in [2.05, 4.69) is 10.3 Å². The van der Waals surface area contributed by atoms with Gasteiger partial charge in [0.15, 0.2) is 0 Å². The molecule has 1 N–H and O–H groups in total. The lowest BCUT2D eigenvalue weighted by Crippen LogP contribution is -2.41. The summed E-state index contributed by atoms with van der Waals surface area (Å²) in [7, 11) is 1.81. The zero-order valence-corrected chi connectivity index (χ0v) is 16.3. The maximum Gasteiger partial charge on any atom is 0.237 e. The van der Waals surface area contributed by atoms with Crippen molar-refractivity contribution in [3.8, 4) is 0 Å². The van der Waals surface area contributed by atoms with Crippen LogP contribution in [-0.2, 0) is 21.4 Å². The van der Waals surface area contributed by atoms with E-state index in [0.717, 1.165) is 16.8 Å². The number of amides is 2. The summed E-state index contributed by atoms with van der Waals surface area (Å²) in [5.41, 5.74) is 2.90. The van der Waals surface area contributed by atoms with Gasteiger partial charge in [-0.15, -0.1) is 0 Å². The summed E-state index contributed by atoms with van der Waals surface area (Å²) in [6.07, 6.45) is 4.52. The molecule has 0 radical (unpaired) electrons. The molecule has 29 heavy (non-hydrogen) atoms. The van der Waals surface area contributed by atoms with Crippen LogP contribution < -0.4 is 10.2 Å². The van der Waals surface area contributed by atoms with Gasteiger partial charge in [-0.25, -0.2) is 0 Å². The van der Waals surface area contributed by atoms with Gasteiger partial charge in [0, 0.05) is 25.4 Å². The predicted molar refractivity (Wildman–Crippen MR) is 114 cm³/mol. The van der Waals surface area contributed by atoms with Gasteiger partial charge in [0.1, 0.15) is 0 Å². The molecular formula is C24H23N3O2. The van der Waals surface area contributed by atoms with Crippen LogP contribution >= 0.6 is 0 Å². The average molecular weight is 385 g/mol. The second-order valence-corrected chi connectivity index (χ2v) is 7.42. The van der Waals surface area contributed by atoms with Gasteiger partial charge in [-0.05, 0) is 42.2 Å². The van der Waals surface area contributed by atoms with Crippen LogP contribution in [0.15, 0.2) is 79.1 Å². The molecule has 4 rings (SSSR count). The number of hydrogen-bond donors (Lipinski definition) is 1. The van der Waals surface area contributed by atoms with Crippen molar-refractivity contribution in [3.63, 3.8) is 0 Å². The molecule has 2 heterocycles. The van der Waals surface area contributed by atoms with Gasteiger partial charge in [-0.1, -0.05) is 48.5 Å². The van der Waals surface area contributed by atoms with E-state index in [4.69, 9.17) is 0 Å². The first kappa shape index (κ1) is 18.9. The van der Waals surface area contributed by atoms with Crippen molar-refractivity contribution in [1.82, 2.24) is 4.98 Å². The zero-order valence-electron chi connectivity index (χ0n) is 16.3. The third-order valence-electron chi connectivity index (χ3n) is 5.57. The third-order valence-corrected chi connectivity index (χ3v) is 5.57. The number of carbonyl (C=O) groups excluding carboxylic acids is 2. The first-order valence-electron chi connectivity index (χ1n) is 9.72. The van der Waals surface area contributed by atoms with E-state index < -0.39 is 5.41 Å². The standard InChI is InChI=1S/C24H23N3O2/c1-27-21-12-6-5-11-20(21)24(23(27)29,16-18-8-3-2-4-9-18)14-13-22(28)26-19-10-7-15-25-17-19/h2-12,15,17H,13-14,16H2,1H3,(H,26,28).